The minimum Gasteiger partial charge on any atom is -0.497 e. The van der Waals surface area contributed by atoms with Crippen LogP contribution in [0.15, 0.2) is 143 Å². The first-order valence-electron chi connectivity index (χ1n) is 22.3. The second-order valence-electron chi connectivity index (χ2n) is 16.4. The average Bonchev–Trinajstić information content (AvgIpc) is 3.62. The number of amides is 2. The van der Waals surface area contributed by atoms with Crippen molar-refractivity contribution in [1.82, 2.24) is 4.90 Å². The van der Waals surface area contributed by atoms with Crippen molar-refractivity contribution in [3.8, 4) is 11.5 Å². The smallest absolute Gasteiger partial charge is 0.303 e. The Kier molecular flexibility index (Phi) is 16.6. The number of esters is 1. The minimum absolute atomic E-state index is 0.0107. The molecule has 2 fully saturated rings. The Hall–Kier alpha value is -6.31. The number of benzene rings is 5. The highest BCUT2D eigenvalue weighted by molar-refractivity contribution is 7.99. The highest BCUT2D eigenvalue weighted by atomic mass is 32.2. The van der Waals surface area contributed by atoms with Crippen molar-refractivity contribution in [1.29, 1.82) is 0 Å². The van der Waals surface area contributed by atoms with Gasteiger partial charge in [0, 0.05) is 16.7 Å². The third kappa shape index (κ3) is 11.8. The summed E-state index contributed by atoms with van der Waals surface area (Å²) in [5.41, 5.74) is 11.7. The number of carbonyl (C=O) groups is 3. The van der Waals surface area contributed by atoms with Crippen LogP contribution in [0.1, 0.15) is 44.3 Å². The maximum atomic E-state index is 14.5. The maximum Gasteiger partial charge on any atom is 0.303 e. The number of thioether (sulfide) groups is 1. The molecule has 5 aromatic carbocycles. The Bertz CT molecular complexity index is 2520. The summed E-state index contributed by atoms with van der Waals surface area (Å²) < 4.78 is 56.1. The molecule has 3 aliphatic rings. The minimum atomic E-state index is -1.53. The van der Waals surface area contributed by atoms with Gasteiger partial charge in [-0.15, -0.1) is 0 Å². The summed E-state index contributed by atoms with van der Waals surface area (Å²) in [7, 11) is 3.15. The Morgan fingerprint density at radius 3 is 1.78 bits per heavy atom. The molecule has 2 saturated heterocycles. The molecule has 0 saturated carbocycles. The fraction of sp³-hybridized carbons (Fsp3) is 0.353. The molecule has 5 aromatic rings. The van der Waals surface area contributed by atoms with Gasteiger partial charge in [0.1, 0.15) is 53.4 Å². The number of rotatable bonds is 20. The van der Waals surface area contributed by atoms with Crippen LogP contribution < -0.4 is 9.47 Å². The molecule has 17 nitrogen and oxygen atoms in total. The van der Waals surface area contributed by atoms with Crippen molar-refractivity contribution >= 4 is 29.5 Å². The number of methoxy groups -OCH3 is 2. The van der Waals surface area contributed by atoms with Crippen LogP contribution in [-0.2, 0) is 57.8 Å². The molecule has 3 heterocycles. The molecule has 360 valence electrons. The third-order valence-corrected chi connectivity index (χ3v) is 13.0. The normalized spacial score (nSPS) is 25.4. The highest BCUT2D eigenvalue weighted by Crippen LogP contribution is 2.42. The lowest BCUT2D eigenvalue weighted by molar-refractivity contribution is -0.317. The van der Waals surface area contributed by atoms with Gasteiger partial charge in [0.2, 0.25) is 0 Å². The molecule has 0 aromatic heterocycles. The van der Waals surface area contributed by atoms with Crippen LogP contribution in [0, 0.1) is 0 Å². The molecule has 2 amide bonds. The van der Waals surface area contributed by atoms with E-state index in [9.17, 15) is 25.0 Å². The molecule has 69 heavy (non-hydrogen) atoms. The van der Waals surface area contributed by atoms with Crippen LogP contribution in [0.25, 0.3) is 10.4 Å². The number of hydrogen-bond acceptors (Lipinski definition) is 15. The quantitative estimate of drug-likeness (QED) is 0.0268. The zero-order chi connectivity index (χ0) is 48.3. The Labute approximate surface area is 403 Å². The summed E-state index contributed by atoms with van der Waals surface area (Å²) in [5.74, 6) is -0.667. The van der Waals surface area contributed by atoms with Crippen LogP contribution in [-0.4, -0.2) is 116 Å². The summed E-state index contributed by atoms with van der Waals surface area (Å²) in [6, 6.07) is 36.8. The number of aliphatic hydroxyl groups is 1. The van der Waals surface area contributed by atoms with Crippen molar-refractivity contribution in [3.63, 3.8) is 0 Å². The van der Waals surface area contributed by atoms with Gasteiger partial charge in [0.25, 0.3) is 11.8 Å². The van der Waals surface area contributed by atoms with E-state index in [0.717, 1.165) is 26.5 Å². The molecule has 3 aliphatic heterocycles. The lowest BCUT2D eigenvalue weighted by Gasteiger charge is -2.50. The number of hydrogen-bond donors (Lipinski definition) is 1. The standard InChI is InChI=1S/C51H52N4O13S/c1-31(56)65-47-43(55-48(58)38-16-10-11-17-39(38)49(55)59)51(69-37-14-8-5-9-15-37)67-41(30-63-27-34-20-24-36(61-3)25-21-34)45(47)68-50-42(53-54-52)46(64-28-32-12-6-4-7-13-32)44(57)40(66-50)29-62-26-33-18-22-35(60-2)23-19-33/h4-25,40-47,50-51,57H,26-30H2,1-3H3/t40-,41-,42-,43-,44-,45-,46-,47-,50-,51+/m1/s1. The molecule has 0 aliphatic carbocycles. The van der Waals surface area contributed by atoms with Crippen LogP contribution in [0.2, 0.25) is 0 Å². The van der Waals surface area contributed by atoms with Gasteiger partial charge in [0.15, 0.2) is 12.4 Å². The molecule has 0 spiro atoms. The van der Waals surface area contributed by atoms with Gasteiger partial charge in [0.05, 0.1) is 64.5 Å². The van der Waals surface area contributed by atoms with Crippen molar-refractivity contribution in [2.75, 3.05) is 27.4 Å². The average molecular weight is 961 g/mol. The van der Waals surface area contributed by atoms with E-state index in [0.29, 0.717) is 11.5 Å². The first-order valence-corrected chi connectivity index (χ1v) is 23.1. The number of aliphatic hydroxyl groups excluding tert-OH is 1. The summed E-state index contributed by atoms with van der Waals surface area (Å²) in [4.78, 5) is 47.2. The fourth-order valence-corrected chi connectivity index (χ4v) is 9.67. The predicted octanol–water partition coefficient (Wildman–Crippen LogP) is 7.29. The van der Waals surface area contributed by atoms with Gasteiger partial charge in [-0.05, 0) is 70.8 Å². The first kappa shape index (κ1) is 49.1. The van der Waals surface area contributed by atoms with Gasteiger partial charge < -0.3 is 47.7 Å². The molecule has 0 unspecified atom stereocenters. The Balaban J connectivity index is 1.17. The van der Waals surface area contributed by atoms with Crippen LogP contribution in [0.5, 0.6) is 11.5 Å². The van der Waals surface area contributed by atoms with Crippen molar-refractivity contribution in [2.45, 2.75) is 92.1 Å². The van der Waals surface area contributed by atoms with Gasteiger partial charge in [-0.2, -0.15) is 0 Å². The summed E-state index contributed by atoms with van der Waals surface area (Å²) in [6.07, 6.45) is -9.23. The van der Waals surface area contributed by atoms with E-state index in [-0.39, 0.29) is 44.2 Å². The van der Waals surface area contributed by atoms with Gasteiger partial charge in [-0.1, -0.05) is 102 Å². The summed E-state index contributed by atoms with van der Waals surface area (Å²) in [5, 5.41) is 16.1. The molecule has 0 radical (unpaired) electrons. The second-order valence-corrected chi connectivity index (χ2v) is 17.6. The van der Waals surface area contributed by atoms with Crippen molar-refractivity contribution in [3.05, 3.63) is 172 Å². The van der Waals surface area contributed by atoms with Crippen LogP contribution >= 0.6 is 11.8 Å². The van der Waals surface area contributed by atoms with E-state index < -0.39 is 78.2 Å². The number of nitrogens with zero attached hydrogens (tertiary/aromatic N) is 4. The molecular weight excluding hydrogens is 909 g/mol. The zero-order valence-electron chi connectivity index (χ0n) is 38.1. The maximum absolute atomic E-state index is 14.5. The van der Waals surface area contributed by atoms with E-state index >= 15 is 0 Å². The zero-order valence-corrected chi connectivity index (χ0v) is 38.9. The number of azide groups is 1. The number of imide groups is 1. The molecule has 0 bridgehead atoms. The van der Waals surface area contributed by atoms with E-state index in [4.69, 9.17) is 42.6 Å². The van der Waals surface area contributed by atoms with E-state index in [1.807, 2.05) is 84.9 Å². The largest absolute Gasteiger partial charge is 0.497 e. The summed E-state index contributed by atoms with van der Waals surface area (Å²) >= 11 is 1.22. The SMILES string of the molecule is COc1ccc(COC[C@H]2O[C@H](O[C@H]3[C@H](OC(C)=O)[C@@H](N4C(=O)c5ccccc5C4=O)[C@H](Sc4ccccc4)O[C@@H]3COCc3ccc(OC)cc3)[C@H](N=[N+]=[N-])[C@@H](OCc3ccccc3)[C@@H]2O)cc1. The first-order chi connectivity index (χ1) is 33.6. The number of carbonyl (C=O) groups excluding carboxylic acids is 3. The highest BCUT2D eigenvalue weighted by Gasteiger charge is 2.58. The third-order valence-electron chi connectivity index (χ3n) is 11.9. The molecule has 10 atom stereocenters. The fourth-order valence-electron chi connectivity index (χ4n) is 8.48. The number of fused-ring (bicyclic) bond motifs is 1. The van der Waals surface area contributed by atoms with E-state index in [1.165, 1.54) is 18.7 Å². The second kappa shape index (κ2) is 23.3. The van der Waals surface area contributed by atoms with Gasteiger partial charge >= 0.3 is 5.97 Å². The molecule has 18 heteroatoms. The lowest BCUT2D eigenvalue weighted by atomic mass is 9.94. The topological polar surface area (TPSA) is 207 Å². The van der Waals surface area contributed by atoms with E-state index in [2.05, 4.69) is 10.0 Å². The number of ether oxygens (including phenoxy) is 9. The van der Waals surface area contributed by atoms with Crippen LogP contribution in [0.4, 0.5) is 0 Å². The predicted molar refractivity (Wildman–Crippen MR) is 250 cm³/mol. The molecule has 8 rings (SSSR count). The molecular formula is C51H52N4O13S. The van der Waals surface area contributed by atoms with Gasteiger partial charge in [-0.25, -0.2) is 0 Å². The Morgan fingerprint density at radius 1 is 0.696 bits per heavy atom. The van der Waals surface area contributed by atoms with Crippen molar-refractivity contribution < 1.29 is 62.1 Å². The van der Waals surface area contributed by atoms with Crippen molar-refractivity contribution in [2.24, 2.45) is 5.11 Å². The van der Waals surface area contributed by atoms with Gasteiger partial charge in [-0.3, -0.25) is 19.3 Å². The monoisotopic (exact) mass is 960 g/mol. The molecule has 1 N–H and O–H groups in total. The Morgan fingerprint density at radius 2 is 1.23 bits per heavy atom. The summed E-state index contributed by atoms with van der Waals surface area (Å²) in [6.45, 7) is 1.13. The van der Waals surface area contributed by atoms with E-state index in [1.54, 1.807) is 62.8 Å². The lowest BCUT2D eigenvalue weighted by Crippen LogP contribution is -2.68. The van der Waals surface area contributed by atoms with Crippen LogP contribution in [0.3, 0.4) is 0 Å².